The maximum absolute atomic E-state index is 11.6. The fourth-order valence-electron chi connectivity index (χ4n) is 1.89. The smallest absolute Gasteiger partial charge is 0.318 e. The van der Waals surface area contributed by atoms with Crippen LogP contribution in [0.3, 0.4) is 0 Å². The molecule has 0 heterocycles. The van der Waals surface area contributed by atoms with Crippen LogP contribution < -0.4 is 10.6 Å². The van der Waals surface area contributed by atoms with E-state index in [4.69, 9.17) is 5.11 Å². The number of carbonyl (C=O) groups excluding carboxylic acids is 1. The average molecular weight is 314 g/mol. The van der Waals surface area contributed by atoms with Crippen LogP contribution in [0.1, 0.15) is 11.1 Å². The summed E-state index contributed by atoms with van der Waals surface area (Å²) in [6.07, 6.45) is 3.74. The summed E-state index contributed by atoms with van der Waals surface area (Å²) < 4.78 is 0. The van der Waals surface area contributed by atoms with Crippen molar-refractivity contribution in [3.05, 3.63) is 59.8 Å². The zero-order valence-corrected chi connectivity index (χ0v) is 12.4. The number of hydrogen-bond donors (Lipinski definition) is 5. The Labute approximate surface area is 133 Å². The molecule has 0 radical (unpaired) electrons. The van der Waals surface area contributed by atoms with Crippen molar-refractivity contribution in [2.75, 3.05) is 6.54 Å². The lowest BCUT2D eigenvalue weighted by molar-refractivity contribution is 0.244. The predicted octanol–water partition coefficient (Wildman–Crippen LogP) is 2.32. The van der Waals surface area contributed by atoms with Gasteiger partial charge in [-0.15, -0.1) is 0 Å². The summed E-state index contributed by atoms with van der Waals surface area (Å²) in [5, 5.41) is 33.0. The molecule has 2 aromatic rings. The van der Waals surface area contributed by atoms with Crippen LogP contribution in [-0.4, -0.2) is 27.9 Å². The second-order valence-electron chi connectivity index (χ2n) is 4.90. The molecule has 5 N–H and O–H groups in total. The maximum Gasteiger partial charge on any atom is 0.318 e. The van der Waals surface area contributed by atoms with E-state index in [1.165, 1.54) is 18.3 Å². The largest absolute Gasteiger partial charge is 0.508 e. The summed E-state index contributed by atoms with van der Waals surface area (Å²) in [4.78, 5) is 11.6. The molecule has 0 aliphatic heterocycles. The van der Waals surface area contributed by atoms with Crippen molar-refractivity contribution in [2.24, 2.45) is 0 Å². The molecule has 2 aromatic carbocycles. The Morgan fingerprint density at radius 1 is 1.00 bits per heavy atom. The van der Waals surface area contributed by atoms with Crippen molar-refractivity contribution in [1.29, 1.82) is 0 Å². The Balaban J connectivity index is 1.72. The van der Waals surface area contributed by atoms with Gasteiger partial charge < -0.3 is 26.0 Å². The number of urea groups is 1. The van der Waals surface area contributed by atoms with E-state index in [0.29, 0.717) is 13.0 Å². The summed E-state index contributed by atoms with van der Waals surface area (Å²) in [7, 11) is 0. The first-order chi connectivity index (χ1) is 11.0. The number of hydrogen-bond acceptors (Lipinski definition) is 4. The molecule has 0 aromatic heterocycles. The highest BCUT2D eigenvalue weighted by Gasteiger charge is 2.02. The Morgan fingerprint density at radius 3 is 2.43 bits per heavy atom. The molecule has 0 unspecified atom stereocenters. The summed E-state index contributed by atoms with van der Waals surface area (Å²) >= 11 is 0. The summed E-state index contributed by atoms with van der Waals surface area (Å²) in [5.41, 5.74) is 1.66. The lowest BCUT2D eigenvalue weighted by Gasteiger charge is -2.06. The van der Waals surface area contributed by atoms with Crippen LogP contribution >= 0.6 is 0 Å². The van der Waals surface area contributed by atoms with Crippen LogP contribution in [0.15, 0.2) is 48.7 Å². The van der Waals surface area contributed by atoms with E-state index in [2.05, 4.69) is 10.6 Å². The Bertz CT molecular complexity index is 696. The highest BCUT2D eigenvalue weighted by atomic mass is 16.3. The molecule has 23 heavy (non-hydrogen) atoms. The molecule has 0 aliphatic rings. The minimum absolute atomic E-state index is 0.168. The number of amides is 2. The molecule has 0 fully saturated rings. The first kappa shape index (κ1) is 16.2. The van der Waals surface area contributed by atoms with Crippen LogP contribution in [0.4, 0.5) is 4.79 Å². The van der Waals surface area contributed by atoms with E-state index in [1.54, 1.807) is 36.4 Å². The van der Waals surface area contributed by atoms with E-state index in [-0.39, 0.29) is 23.3 Å². The number of aromatic hydroxyl groups is 3. The van der Waals surface area contributed by atoms with Gasteiger partial charge in [-0.3, -0.25) is 0 Å². The van der Waals surface area contributed by atoms with Crippen molar-refractivity contribution in [3.8, 4) is 17.2 Å². The normalized spacial score (nSPS) is 10.6. The lowest BCUT2D eigenvalue weighted by atomic mass is 10.1. The molecule has 120 valence electrons. The molecule has 0 saturated carbocycles. The first-order valence-corrected chi connectivity index (χ1v) is 7.05. The van der Waals surface area contributed by atoms with Gasteiger partial charge in [-0.05, 0) is 47.9 Å². The predicted molar refractivity (Wildman–Crippen MR) is 87.2 cm³/mol. The number of rotatable bonds is 5. The third-order valence-electron chi connectivity index (χ3n) is 3.12. The summed E-state index contributed by atoms with van der Waals surface area (Å²) in [6.45, 7) is 0.392. The van der Waals surface area contributed by atoms with Crippen molar-refractivity contribution >= 4 is 12.1 Å². The monoisotopic (exact) mass is 314 g/mol. The third kappa shape index (κ3) is 5.28. The highest BCUT2D eigenvalue weighted by Crippen LogP contribution is 2.24. The molecule has 6 heteroatoms. The van der Waals surface area contributed by atoms with Gasteiger partial charge in [-0.25, -0.2) is 4.79 Å². The first-order valence-electron chi connectivity index (χ1n) is 7.05. The number of benzene rings is 2. The van der Waals surface area contributed by atoms with E-state index < -0.39 is 0 Å². The van der Waals surface area contributed by atoms with Gasteiger partial charge >= 0.3 is 6.03 Å². The van der Waals surface area contributed by atoms with Crippen molar-refractivity contribution < 1.29 is 20.1 Å². The van der Waals surface area contributed by atoms with Gasteiger partial charge in [0.15, 0.2) is 11.5 Å². The molecule has 0 spiro atoms. The van der Waals surface area contributed by atoms with Crippen LogP contribution in [0.25, 0.3) is 6.08 Å². The van der Waals surface area contributed by atoms with Gasteiger partial charge in [0.1, 0.15) is 5.75 Å². The minimum atomic E-state index is -0.344. The maximum atomic E-state index is 11.6. The molecule has 0 bridgehead atoms. The molecule has 0 aliphatic carbocycles. The zero-order chi connectivity index (χ0) is 16.7. The number of nitrogens with one attached hydrogen (secondary N) is 2. The number of phenolic OH excluding ortho intramolecular Hbond substituents is 3. The van der Waals surface area contributed by atoms with E-state index in [9.17, 15) is 15.0 Å². The molecular weight excluding hydrogens is 296 g/mol. The molecular formula is C17H18N2O4. The standard InChI is InChI=1S/C17H18N2O4/c20-14-4-1-12(2-5-14)7-9-18-17(23)19-10-8-13-3-6-15(21)16(22)11-13/h1-7,9,11,20-22H,8,10H2,(H2,18,19,23)/b9-7+. The molecule has 0 atom stereocenters. The fraction of sp³-hybridized carbons (Fsp3) is 0.118. The van der Waals surface area contributed by atoms with Crippen LogP contribution in [0.2, 0.25) is 0 Å². The number of phenols is 3. The highest BCUT2D eigenvalue weighted by molar-refractivity contribution is 5.75. The Morgan fingerprint density at radius 2 is 1.74 bits per heavy atom. The van der Waals surface area contributed by atoms with Crippen LogP contribution in [0, 0.1) is 0 Å². The SMILES string of the molecule is O=C(N/C=C/c1ccc(O)cc1)NCCc1ccc(O)c(O)c1. The van der Waals surface area contributed by atoms with Gasteiger partial charge in [0.2, 0.25) is 0 Å². The van der Waals surface area contributed by atoms with Crippen molar-refractivity contribution in [2.45, 2.75) is 6.42 Å². The summed E-state index contributed by atoms with van der Waals surface area (Å²) in [5.74, 6) is -0.157. The van der Waals surface area contributed by atoms with E-state index >= 15 is 0 Å². The summed E-state index contributed by atoms with van der Waals surface area (Å²) in [6, 6.07) is 10.8. The molecule has 2 amide bonds. The van der Waals surface area contributed by atoms with Gasteiger partial charge in [-0.2, -0.15) is 0 Å². The van der Waals surface area contributed by atoms with Gasteiger partial charge in [-0.1, -0.05) is 18.2 Å². The van der Waals surface area contributed by atoms with E-state index in [1.807, 2.05) is 0 Å². The number of carbonyl (C=O) groups is 1. The average Bonchev–Trinajstić information content (AvgIpc) is 2.53. The minimum Gasteiger partial charge on any atom is -0.508 e. The quantitative estimate of drug-likeness (QED) is 0.547. The Hall–Kier alpha value is -3.15. The second kappa shape index (κ2) is 7.74. The second-order valence-corrected chi connectivity index (χ2v) is 4.90. The van der Waals surface area contributed by atoms with Crippen LogP contribution in [0.5, 0.6) is 17.2 Å². The van der Waals surface area contributed by atoms with Gasteiger partial charge in [0.05, 0.1) is 0 Å². The molecule has 6 nitrogen and oxygen atoms in total. The third-order valence-corrected chi connectivity index (χ3v) is 3.12. The van der Waals surface area contributed by atoms with E-state index in [0.717, 1.165) is 11.1 Å². The topological polar surface area (TPSA) is 102 Å². The van der Waals surface area contributed by atoms with Crippen molar-refractivity contribution in [3.63, 3.8) is 0 Å². The molecule has 2 rings (SSSR count). The van der Waals surface area contributed by atoms with Crippen LogP contribution in [-0.2, 0) is 6.42 Å². The fourth-order valence-corrected chi connectivity index (χ4v) is 1.89. The van der Waals surface area contributed by atoms with Crippen molar-refractivity contribution in [1.82, 2.24) is 10.6 Å². The zero-order valence-electron chi connectivity index (χ0n) is 12.4. The Kier molecular flexibility index (Phi) is 5.46. The molecule has 0 saturated heterocycles. The lowest BCUT2D eigenvalue weighted by Crippen LogP contribution is -2.33. The van der Waals surface area contributed by atoms with Gasteiger partial charge in [0.25, 0.3) is 0 Å². The van der Waals surface area contributed by atoms with Gasteiger partial charge in [0, 0.05) is 12.7 Å².